The highest BCUT2D eigenvalue weighted by atomic mass is 32.2. The second-order valence-electron chi connectivity index (χ2n) is 20.9. The van der Waals surface area contributed by atoms with E-state index in [-0.39, 0.29) is 47.5 Å². The van der Waals surface area contributed by atoms with Gasteiger partial charge in [0.25, 0.3) is 0 Å². The van der Waals surface area contributed by atoms with E-state index < -0.39 is 32.3 Å². The normalized spacial score (nSPS) is 15.3. The van der Waals surface area contributed by atoms with E-state index in [1.54, 1.807) is 47.0 Å². The minimum Gasteiger partial charge on any atom is -0.465 e. The monoisotopic (exact) mass is 962 g/mol. The molecule has 0 amide bonds. The lowest BCUT2D eigenvalue weighted by atomic mass is 10.1. The number of nitrogens with zero attached hydrogens (tertiary/aromatic N) is 6. The largest absolute Gasteiger partial charge is 0.465 e. The molecule has 2 atom stereocenters. The summed E-state index contributed by atoms with van der Waals surface area (Å²) in [5, 5.41) is 27.3. The molecule has 2 aromatic rings. The summed E-state index contributed by atoms with van der Waals surface area (Å²) in [5.74, 6) is 1.74. The second-order valence-corrected chi connectivity index (χ2v) is 28.1. The molecule has 360 valence electrons. The van der Waals surface area contributed by atoms with Gasteiger partial charge >= 0.3 is 11.9 Å². The average Bonchev–Trinajstić information content (AvgIpc) is 3.15. The number of hydrogen-bond donors (Lipinski definition) is 0. The third-order valence-corrected chi connectivity index (χ3v) is 12.6. The van der Waals surface area contributed by atoms with Gasteiger partial charge in [-0.25, -0.2) is 0 Å². The molecule has 2 aromatic carbocycles. The third kappa shape index (κ3) is 27.0. The van der Waals surface area contributed by atoms with Crippen LogP contribution in [0.15, 0.2) is 89.0 Å². The van der Waals surface area contributed by atoms with E-state index in [1.807, 2.05) is 132 Å². The van der Waals surface area contributed by atoms with Crippen LogP contribution in [0.2, 0.25) is 0 Å². The SMILES string of the molecule is CC(C)(C)N=NC(C)(CCC(=O)OCCSC(C)(C)/N=N/C(C)(C)SCCOC(=O)CCC(C)(N=NC(C)(C)C)Oc1ccc(SC(C)(C)C)cc1)Oc1ccc(SC(C)(C)C)cc1. The first-order chi connectivity index (χ1) is 29.1. The van der Waals surface area contributed by atoms with Crippen molar-refractivity contribution in [2.45, 2.75) is 202 Å². The van der Waals surface area contributed by atoms with E-state index in [9.17, 15) is 9.59 Å². The average molecular weight is 963 g/mol. The van der Waals surface area contributed by atoms with Crippen molar-refractivity contribution in [3.8, 4) is 11.5 Å². The summed E-state index contributed by atoms with van der Waals surface area (Å²) < 4.78 is 24.0. The molecule has 0 saturated carbocycles. The highest BCUT2D eigenvalue weighted by Crippen LogP contribution is 2.36. The van der Waals surface area contributed by atoms with Crippen molar-refractivity contribution in [3.63, 3.8) is 0 Å². The molecule has 0 fully saturated rings. The summed E-state index contributed by atoms with van der Waals surface area (Å²) in [4.78, 5) is 26.9. The number of rotatable bonds is 24. The van der Waals surface area contributed by atoms with E-state index in [4.69, 9.17) is 18.9 Å². The topological polar surface area (TPSA) is 145 Å². The zero-order valence-corrected chi connectivity index (χ0v) is 45.3. The van der Waals surface area contributed by atoms with Gasteiger partial charge in [-0.05, 0) is 132 Å². The highest BCUT2D eigenvalue weighted by molar-refractivity contribution is 8.01. The van der Waals surface area contributed by atoms with Crippen molar-refractivity contribution in [2.75, 3.05) is 24.7 Å². The highest BCUT2D eigenvalue weighted by Gasteiger charge is 2.31. The van der Waals surface area contributed by atoms with Crippen LogP contribution >= 0.6 is 47.0 Å². The zero-order chi connectivity index (χ0) is 48.7. The van der Waals surface area contributed by atoms with Crippen molar-refractivity contribution in [1.82, 2.24) is 0 Å². The van der Waals surface area contributed by atoms with Crippen LogP contribution < -0.4 is 9.47 Å². The Labute approximate surface area is 402 Å². The summed E-state index contributed by atoms with van der Waals surface area (Å²) in [6.07, 6.45) is 0.842. The molecule has 0 spiro atoms. The van der Waals surface area contributed by atoms with Gasteiger partial charge in [0.15, 0.2) is 0 Å². The molecule has 0 radical (unpaired) electrons. The van der Waals surface area contributed by atoms with Gasteiger partial charge in [-0.1, -0.05) is 41.5 Å². The number of azo groups is 3. The Hall–Kier alpha value is -2.82. The molecule has 2 rings (SSSR count). The van der Waals surface area contributed by atoms with Crippen molar-refractivity contribution < 1.29 is 28.5 Å². The van der Waals surface area contributed by atoms with Crippen LogP contribution in [-0.2, 0) is 19.1 Å². The van der Waals surface area contributed by atoms with E-state index in [2.05, 4.69) is 72.2 Å². The number of carbonyl (C=O) groups is 2. The lowest BCUT2D eigenvalue weighted by Crippen LogP contribution is -2.31. The fourth-order valence-electron chi connectivity index (χ4n) is 5.13. The van der Waals surface area contributed by atoms with E-state index in [1.165, 1.54) is 0 Å². The van der Waals surface area contributed by atoms with Crippen LogP contribution in [0.1, 0.15) is 150 Å². The molecular weight excluding hydrogens is 885 g/mol. The number of carbonyl (C=O) groups excluding carboxylic acids is 2. The first-order valence-electron chi connectivity index (χ1n) is 22.0. The lowest BCUT2D eigenvalue weighted by molar-refractivity contribution is -0.145. The minimum atomic E-state index is -1.05. The van der Waals surface area contributed by atoms with Gasteiger partial charge in [0, 0.05) is 43.6 Å². The summed E-state index contributed by atoms with van der Waals surface area (Å²) >= 11 is 6.66. The van der Waals surface area contributed by atoms with E-state index in [0.717, 1.165) is 9.79 Å². The lowest BCUT2D eigenvalue weighted by Gasteiger charge is -2.27. The zero-order valence-electron chi connectivity index (χ0n) is 42.0. The van der Waals surface area contributed by atoms with Gasteiger partial charge < -0.3 is 18.9 Å². The van der Waals surface area contributed by atoms with Gasteiger partial charge in [-0.3, -0.25) is 9.59 Å². The molecule has 0 saturated heterocycles. The van der Waals surface area contributed by atoms with Crippen molar-refractivity contribution >= 4 is 59.0 Å². The third-order valence-electron chi connectivity index (χ3n) is 8.02. The van der Waals surface area contributed by atoms with E-state index in [0.29, 0.717) is 35.8 Å². The van der Waals surface area contributed by atoms with Crippen LogP contribution in [0.25, 0.3) is 0 Å². The fourth-order valence-corrected chi connectivity index (χ4v) is 8.61. The maximum absolute atomic E-state index is 12.9. The quantitative estimate of drug-likeness (QED) is 0.0431. The molecule has 0 bridgehead atoms. The summed E-state index contributed by atoms with van der Waals surface area (Å²) in [5.41, 5.74) is -2.90. The van der Waals surface area contributed by atoms with Gasteiger partial charge in [0.2, 0.25) is 11.4 Å². The number of benzene rings is 2. The predicted molar refractivity (Wildman–Crippen MR) is 270 cm³/mol. The maximum atomic E-state index is 12.9. The molecule has 0 aromatic heterocycles. The molecule has 0 aliphatic rings. The Kier molecular flexibility index (Phi) is 21.7. The number of ether oxygens (including phenoxy) is 4. The van der Waals surface area contributed by atoms with Crippen LogP contribution in [0.4, 0.5) is 0 Å². The summed E-state index contributed by atoms with van der Waals surface area (Å²) in [6, 6.07) is 15.8. The first-order valence-corrected chi connectivity index (χ1v) is 25.6. The summed E-state index contributed by atoms with van der Waals surface area (Å²) in [7, 11) is 0. The molecule has 0 aliphatic heterocycles. The molecular formula is C48H78N6O6S4. The van der Waals surface area contributed by atoms with Crippen LogP contribution in [0.3, 0.4) is 0 Å². The fraction of sp³-hybridized carbons (Fsp3) is 0.708. The van der Waals surface area contributed by atoms with Crippen molar-refractivity contribution in [3.05, 3.63) is 48.5 Å². The number of esters is 2. The Bertz CT molecular complexity index is 1710. The minimum absolute atomic E-state index is 0.0953. The van der Waals surface area contributed by atoms with Crippen LogP contribution in [0, 0.1) is 0 Å². The van der Waals surface area contributed by atoms with E-state index >= 15 is 0 Å². The van der Waals surface area contributed by atoms with Gasteiger partial charge in [-0.2, -0.15) is 20.5 Å². The Morgan fingerprint density at radius 2 is 0.766 bits per heavy atom. The maximum Gasteiger partial charge on any atom is 0.306 e. The van der Waals surface area contributed by atoms with Gasteiger partial charge in [0.1, 0.15) is 34.5 Å². The molecule has 16 heteroatoms. The summed E-state index contributed by atoms with van der Waals surface area (Å²) in [6.45, 7) is 36.9. The molecule has 0 heterocycles. The predicted octanol–water partition coefficient (Wildman–Crippen LogP) is 14.9. The molecule has 0 aliphatic carbocycles. The second kappa shape index (κ2) is 24.3. The van der Waals surface area contributed by atoms with Crippen LogP contribution in [-0.4, -0.2) is 78.4 Å². The van der Waals surface area contributed by atoms with Gasteiger partial charge in [-0.15, -0.1) is 57.3 Å². The number of hydrogen-bond acceptors (Lipinski definition) is 16. The Morgan fingerprint density at radius 3 is 1.05 bits per heavy atom. The molecule has 0 N–H and O–H groups in total. The number of thioether (sulfide) groups is 4. The Morgan fingerprint density at radius 1 is 0.453 bits per heavy atom. The van der Waals surface area contributed by atoms with Crippen molar-refractivity contribution in [2.24, 2.45) is 30.7 Å². The molecule has 64 heavy (non-hydrogen) atoms. The smallest absolute Gasteiger partial charge is 0.306 e. The first kappa shape index (κ1) is 57.3. The molecule has 12 nitrogen and oxygen atoms in total. The van der Waals surface area contributed by atoms with Gasteiger partial charge in [0.05, 0.1) is 23.9 Å². The molecule has 2 unspecified atom stereocenters. The standard InChI is InChI=1S/C48H78N6O6S4/c1-41(2,3)49-53-47(17,59-35-19-23-37(24-20-35)63-43(7,8)9)29-27-39(55)57-31-33-61-45(13,14)51-52-46(15,16)62-34-32-58-40(56)28-30-48(18,54-50-42(4,5)6)60-36-21-25-38(26-22-36)64-44(10,11)12/h19-26H,27-34H2,1-18H3/b52-51+,53-49?,54-50?. The Balaban J connectivity index is 1.83. The van der Waals surface area contributed by atoms with Crippen LogP contribution in [0.5, 0.6) is 11.5 Å². The van der Waals surface area contributed by atoms with Crippen molar-refractivity contribution in [1.29, 1.82) is 0 Å².